The molecular formula is C14H23N5O. The van der Waals surface area contributed by atoms with Gasteiger partial charge in [0.1, 0.15) is 11.8 Å². The number of nitrogens with zero attached hydrogens (tertiary/aromatic N) is 4. The summed E-state index contributed by atoms with van der Waals surface area (Å²) in [5.41, 5.74) is 7.22. The third-order valence-electron chi connectivity index (χ3n) is 3.30. The Morgan fingerprint density at radius 3 is 3.00 bits per heavy atom. The quantitative estimate of drug-likeness (QED) is 0.749. The molecule has 0 aliphatic rings. The van der Waals surface area contributed by atoms with Crippen molar-refractivity contribution in [3.8, 4) is 0 Å². The lowest BCUT2D eigenvalue weighted by Gasteiger charge is -2.10. The average Bonchev–Trinajstić information content (AvgIpc) is 2.83. The molecule has 2 aromatic heterocycles. The van der Waals surface area contributed by atoms with Gasteiger partial charge in [-0.05, 0) is 18.8 Å². The lowest BCUT2D eigenvalue weighted by molar-refractivity contribution is 0.0976. The average molecular weight is 277 g/mol. The molecule has 6 heteroatoms. The predicted octanol–water partition coefficient (Wildman–Crippen LogP) is 2.25. The highest BCUT2D eigenvalue weighted by atomic mass is 16.5. The van der Waals surface area contributed by atoms with Gasteiger partial charge in [0.05, 0.1) is 6.33 Å². The molecule has 6 nitrogen and oxygen atoms in total. The van der Waals surface area contributed by atoms with E-state index in [4.69, 9.17) is 10.5 Å². The summed E-state index contributed by atoms with van der Waals surface area (Å²) >= 11 is 0. The van der Waals surface area contributed by atoms with Crippen molar-refractivity contribution in [3.05, 3.63) is 12.7 Å². The van der Waals surface area contributed by atoms with Crippen LogP contribution in [0.5, 0.6) is 0 Å². The van der Waals surface area contributed by atoms with Gasteiger partial charge in [0.15, 0.2) is 11.5 Å². The van der Waals surface area contributed by atoms with E-state index in [2.05, 4.69) is 28.8 Å². The first-order valence-corrected chi connectivity index (χ1v) is 7.21. The minimum Gasteiger partial charge on any atom is -0.382 e. The summed E-state index contributed by atoms with van der Waals surface area (Å²) in [5.74, 6) is 1.07. The topological polar surface area (TPSA) is 78.9 Å². The lowest BCUT2D eigenvalue weighted by Crippen LogP contribution is -2.08. The van der Waals surface area contributed by atoms with Crippen LogP contribution in [0.3, 0.4) is 0 Å². The fraction of sp³-hybridized carbons (Fsp3) is 0.643. The monoisotopic (exact) mass is 277 g/mol. The first-order valence-electron chi connectivity index (χ1n) is 7.21. The molecule has 0 saturated heterocycles. The molecule has 0 spiro atoms. The van der Waals surface area contributed by atoms with Crippen LogP contribution in [0.15, 0.2) is 12.7 Å². The Kier molecular flexibility index (Phi) is 5.29. The smallest absolute Gasteiger partial charge is 0.165 e. The maximum atomic E-state index is 5.76. The first-order chi connectivity index (χ1) is 9.72. The summed E-state index contributed by atoms with van der Waals surface area (Å²) in [6.07, 6.45) is 6.61. The van der Waals surface area contributed by atoms with Crippen LogP contribution in [0.2, 0.25) is 0 Å². The SMILES string of the molecule is CCCC(C)COCCCn1cnc2c(N)ncnc21. The molecule has 2 N–H and O–H groups in total. The first kappa shape index (κ1) is 14.7. The Bertz CT molecular complexity index is 539. The van der Waals surface area contributed by atoms with Crippen molar-refractivity contribution in [3.63, 3.8) is 0 Å². The summed E-state index contributed by atoms with van der Waals surface area (Å²) in [5, 5.41) is 0. The summed E-state index contributed by atoms with van der Waals surface area (Å²) in [7, 11) is 0. The molecule has 110 valence electrons. The Hall–Kier alpha value is -1.69. The molecule has 2 aromatic rings. The molecule has 1 atom stereocenters. The van der Waals surface area contributed by atoms with E-state index in [0.29, 0.717) is 17.3 Å². The molecule has 0 amide bonds. The summed E-state index contributed by atoms with van der Waals surface area (Å²) in [6, 6.07) is 0. The second kappa shape index (κ2) is 7.19. The molecule has 20 heavy (non-hydrogen) atoms. The Morgan fingerprint density at radius 2 is 2.20 bits per heavy atom. The lowest BCUT2D eigenvalue weighted by atomic mass is 10.1. The minimum absolute atomic E-state index is 0.429. The zero-order valence-electron chi connectivity index (χ0n) is 12.2. The van der Waals surface area contributed by atoms with E-state index in [1.165, 1.54) is 19.2 Å². The third-order valence-corrected chi connectivity index (χ3v) is 3.30. The van der Waals surface area contributed by atoms with E-state index in [0.717, 1.165) is 31.8 Å². The van der Waals surface area contributed by atoms with Gasteiger partial charge in [-0.1, -0.05) is 20.3 Å². The number of nitrogen functional groups attached to an aromatic ring is 1. The maximum Gasteiger partial charge on any atom is 0.165 e. The number of anilines is 1. The number of hydrogen-bond donors (Lipinski definition) is 1. The summed E-state index contributed by atoms with van der Waals surface area (Å²) in [4.78, 5) is 12.4. The van der Waals surface area contributed by atoms with Crippen molar-refractivity contribution >= 4 is 17.0 Å². The zero-order chi connectivity index (χ0) is 14.4. The van der Waals surface area contributed by atoms with Crippen LogP contribution in [0.25, 0.3) is 11.2 Å². The minimum atomic E-state index is 0.429. The molecule has 0 radical (unpaired) electrons. The van der Waals surface area contributed by atoms with E-state index in [1.807, 2.05) is 4.57 Å². The molecular weight excluding hydrogens is 254 g/mol. The highest BCUT2D eigenvalue weighted by Crippen LogP contribution is 2.14. The van der Waals surface area contributed by atoms with Crippen LogP contribution >= 0.6 is 0 Å². The van der Waals surface area contributed by atoms with Gasteiger partial charge in [0.2, 0.25) is 0 Å². The van der Waals surface area contributed by atoms with Crippen LogP contribution in [0, 0.1) is 5.92 Å². The van der Waals surface area contributed by atoms with Crippen LogP contribution < -0.4 is 5.73 Å². The van der Waals surface area contributed by atoms with Crippen molar-refractivity contribution in [1.29, 1.82) is 0 Å². The Morgan fingerprint density at radius 1 is 1.35 bits per heavy atom. The van der Waals surface area contributed by atoms with Crippen molar-refractivity contribution in [2.75, 3.05) is 18.9 Å². The largest absolute Gasteiger partial charge is 0.382 e. The van der Waals surface area contributed by atoms with Crippen molar-refractivity contribution in [2.24, 2.45) is 5.92 Å². The van der Waals surface area contributed by atoms with Crippen molar-refractivity contribution in [2.45, 2.75) is 39.7 Å². The normalized spacial score (nSPS) is 12.9. The fourth-order valence-electron chi connectivity index (χ4n) is 2.26. The number of fused-ring (bicyclic) bond motifs is 1. The second-order valence-electron chi connectivity index (χ2n) is 5.19. The van der Waals surface area contributed by atoms with Gasteiger partial charge in [0, 0.05) is 19.8 Å². The van der Waals surface area contributed by atoms with E-state index in [-0.39, 0.29) is 0 Å². The standard InChI is InChI=1S/C14H23N5O/c1-3-5-11(2)8-20-7-4-6-19-10-18-12-13(15)16-9-17-14(12)19/h9-11H,3-8H2,1-2H3,(H2,15,16,17). The molecule has 0 aromatic carbocycles. The van der Waals surface area contributed by atoms with Gasteiger partial charge in [0.25, 0.3) is 0 Å². The van der Waals surface area contributed by atoms with E-state index in [9.17, 15) is 0 Å². The van der Waals surface area contributed by atoms with E-state index < -0.39 is 0 Å². The van der Waals surface area contributed by atoms with Gasteiger partial charge in [-0.25, -0.2) is 15.0 Å². The summed E-state index contributed by atoms with van der Waals surface area (Å²) < 4.78 is 7.68. The molecule has 0 aliphatic carbocycles. The van der Waals surface area contributed by atoms with Crippen LogP contribution in [0.1, 0.15) is 33.1 Å². The van der Waals surface area contributed by atoms with Crippen LogP contribution in [-0.2, 0) is 11.3 Å². The van der Waals surface area contributed by atoms with Crippen molar-refractivity contribution < 1.29 is 4.74 Å². The number of aryl methyl sites for hydroxylation is 1. The highest BCUT2D eigenvalue weighted by Gasteiger charge is 2.07. The fourth-order valence-corrected chi connectivity index (χ4v) is 2.26. The number of imidazole rings is 1. The highest BCUT2D eigenvalue weighted by molar-refractivity contribution is 5.80. The molecule has 1 unspecified atom stereocenters. The van der Waals surface area contributed by atoms with Crippen LogP contribution in [-0.4, -0.2) is 32.7 Å². The molecule has 2 rings (SSSR count). The Balaban J connectivity index is 1.78. The van der Waals surface area contributed by atoms with Gasteiger partial charge in [-0.2, -0.15) is 0 Å². The number of hydrogen-bond acceptors (Lipinski definition) is 5. The Labute approximate surface area is 119 Å². The second-order valence-corrected chi connectivity index (χ2v) is 5.19. The number of nitrogens with two attached hydrogens (primary N) is 1. The molecule has 0 fully saturated rings. The summed E-state index contributed by atoms with van der Waals surface area (Å²) in [6.45, 7) is 6.86. The molecule has 0 aliphatic heterocycles. The number of rotatable bonds is 8. The third kappa shape index (κ3) is 3.66. The van der Waals surface area contributed by atoms with Crippen molar-refractivity contribution in [1.82, 2.24) is 19.5 Å². The van der Waals surface area contributed by atoms with Gasteiger partial charge >= 0.3 is 0 Å². The molecule has 0 bridgehead atoms. The van der Waals surface area contributed by atoms with E-state index in [1.54, 1.807) is 6.33 Å². The van der Waals surface area contributed by atoms with Gasteiger partial charge in [-0.15, -0.1) is 0 Å². The van der Waals surface area contributed by atoms with Gasteiger partial charge in [-0.3, -0.25) is 0 Å². The molecule has 0 saturated carbocycles. The number of aromatic nitrogens is 4. The number of ether oxygens (including phenoxy) is 1. The molecule has 2 heterocycles. The maximum absolute atomic E-state index is 5.76. The van der Waals surface area contributed by atoms with Gasteiger partial charge < -0.3 is 15.0 Å². The zero-order valence-corrected chi connectivity index (χ0v) is 12.2. The van der Waals surface area contributed by atoms with E-state index >= 15 is 0 Å². The van der Waals surface area contributed by atoms with Crippen LogP contribution in [0.4, 0.5) is 5.82 Å². The predicted molar refractivity (Wildman–Crippen MR) is 79.2 cm³/mol.